The van der Waals surface area contributed by atoms with E-state index in [4.69, 9.17) is 0 Å². The molecule has 0 saturated carbocycles. The van der Waals surface area contributed by atoms with Crippen LogP contribution in [0.15, 0.2) is 66.7 Å². The number of fused-ring (bicyclic) bond motifs is 1. The van der Waals surface area contributed by atoms with Gasteiger partial charge in [0.15, 0.2) is 0 Å². The molecule has 2 aliphatic rings. The predicted octanol–water partition coefficient (Wildman–Crippen LogP) is 5.24. The third kappa shape index (κ3) is 4.00. The highest BCUT2D eigenvalue weighted by molar-refractivity contribution is 6.06. The average Bonchev–Trinajstić information content (AvgIpc) is 3.35. The van der Waals surface area contributed by atoms with Crippen LogP contribution in [0, 0.1) is 5.82 Å². The summed E-state index contributed by atoms with van der Waals surface area (Å²) < 4.78 is 14.6. The second kappa shape index (κ2) is 8.42. The number of hydrogen-bond acceptors (Lipinski definition) is 3. The average molecular weight is 416 g/mol. The number of anilines is 3. The Morgan fingerprint density at radius 3 is 2.32 bits per heavy atom. The van der Waals surface area contributed by atoms with Gasteiger partial charge in [-0.1, -0.05) is 30.3 Å². The first-order valence-electron chi connectivity index (χ1n) is 11.0. The van der Waals surface area contributed by atoms with Crippen LogP contribution >= 0.6 is 0 Å². The minimum atomic E-state index is -0.402. The van der Waals surface area contributed by atoms with E-state index in [1.807, 2.05) is 30.3 Å². The first-order valence-corrected chi connectivity index (χ1v) is 11.0. The zero-order valence-electron chi connectivity index (χ0n) is 17.5. The van der Waals surface area contributed by atoms with Crippen molar-refractivity contribution in [3.8, 4) is 0 Å². The fraction of sp³-hybridized carbons (Fsp3) is 0.269. The van der Waals surface area contributed by atoms with Crippen LogP contribution in [0.4, 0.5) is 21.5 Å². The molecule has 31 heavy (non-hydrogen) atoms. The van der Waals surface area contributed by atoms with Crippen LogP contribution in [-0.2, 0) is 13.0 Å². The molecule has 1 fully saturated rings. The maximum atomic E-state index is 14.6. The fourth-order valence-electron chi connectivity index (χ4n) is 4.58. The van der Waals surface area contributed by atoms with Gasteiger partial charge in [0.1, 0.15) is 11.5 Å². The van der Waals surface area contributed by atoms with Gasteiger partial charge in [-0.05, 0) is 66.8 Å². The molecular formula is C26H26FN3O. The van der Waals surface area contributed by atoms with E-state index in [1.165, 1.54) is 17.2 Å². The molecule has 3 aromatic carbocycles. The van der Waals surface area contributed by atoms with Crippen LogP contribution in [0.3, 0.4) is 0 Å². The van der Waals surface area contributed by atoms with Crippen LogP contribution in [0.1, 0.15) is 34.3 Å². The lowest BCUT2D eigenvalue weighted by Crippen LogP contribution is -2.30. The van der Waals surface area contributed by atoms with Gasteiger partial charge in [0, 0.05) is 37.4 Å². The Bertz CT molecular complexity index is 1090. The maximum Gasteiger partial charge on any atom is 0.255 e. The molecule has 2 aliphatic heterocycles. The Hall–Kier alpha value is -3.34. The number of carbonyl (C=O) groups is 1. The molecule has 0 atom stereocenters. The van der Waals surface area contributed by atoms with Crippen LogP contribution in [0.2, 0.25) is 0 Å². The van der Waals surface area contributed by atoms with E-state index in [0.29, 0.717) is 5.56 Å². The lowest BCUT2D eigenvalue weighted by atomic mass is 9.99. The molecule has 0 unspecified atom stereocenters. The molecule has 0 spiro atoms. The summed E-state index contributed by atoms with van der Waals surface area (Å²) in [5.74, 6) is -0.692. The Kier molecular flexibility index (Phi) is 5.33. The van der Waals surface area contributed by atoms with E-state index >= 15 is 0 Å². The molecule has 158 valence electrons. The van der Waals surface area contributed by atoms with Crippen molar-refractivity contribution in [2.45, 2.75) is 25.8 Å². The fourth-order valence-corrected chi connectivity index (χ4v) is 4.58. The molecule has 4 nitrogen and oxygen atoms in total. The summed E-state index contributed by atoms with van der Waals surface area (Å²) in [5.41, 5.74) is 5.41. The quantitative estimate of drug-likeness (QED) is 0.633. The van der Waals surface area contributed by atoms with Crippen LogP contribution in [-0.4, -0.2) is 25.5 Å². The number of hydrogen-bond donors (Lipinski definition) is 1. The topological polar surface area (TPSA) is 35.6 Å². The second-order valence-corrected chi connectivity index (χ2v) is 8.27. The van der Waals surface area contributed by atoms with Crippen molar-refractivity contribution in [1.82, 2.24) is 0 Å². The smallest absolute Gasteiger partial charge is 0.255 e. The van der Waals surface area contributed by atoms with E-state index in [-0.39, 0.29) is 11.6 Å². The molecule has 1 N–H and O–H groups in total. The van der Waals surface area contributed by atoms with E-state index in [2.05, 4.69) is 39.4 Å². The Morgan fingerprint density at radius 2 is 1.55 bits per heavy atom. The minimum Gasteiger partial charge on any atom is -0.370 e. The normalized spacial score (nSPS) is 15.6. The number of carbonyl (C=O) groups excluding carboxylic acids is 1. The summed E-state index contributed by atoms with van der Waals surface area (Å²) in [5, 5.41) is 2.81. The van der Waals surface area contributed by atoms with Gasteiger partial charge in [0.2, 0.25) is 0 Å². The second-order valence-electron chi connectivity index (χ2n) is 8.27. The number of para-hydroxylation sites is 1. The Morgan fingerprint density at radius 1 is 0.806 bits per heavy atom. The largest absolute Gasteiger partial charge is 0.370 e. The first kappa shape index (κ1) is 19.6. The molecule has 0 aromatic heterocycles. The van der Waals surface area contributed by atoms with Gasteiger partial charge in [-0.15, -0.1) is 0 Å². The number of amides is 1. The van der Waals surface area contributed by atoms with Crippen molar-refractivity contribution < 1.29 is 9.18 Å². The third-order valence-corrected chi connectivity index (χ3v) is 6.30. The van der Waals surface area contributed by atoms with E-state index < -0.39 is 5.82 Å². The third-order valence-electron chi connectivity index (χ3n) is 6.30. The summed E-state index contributed by atoms with van der Waals surface area (Å²) in [6.45, 7) is 3.60. The van der Waals surface area contributed by atoms with Gasteiger partial charge in [0.05, 0.1) is 5.69 Å². The number of halogens is 1. The highest BCUT2D eigenvalue weighted by atomic mass is 19.1. The van der Waals surface area contributed by atoms with E-state index in [1.54, 1.807) is 6.07 Å². The zero-order valence-corrected chi connectivity index (χ0v) is 17.5. The van der Waals surface area contributed by atoms with Crippen molar-refractivity contribution in [2.75, 3.05) is 34.8 Å². The standard InChI is InChI=1S/C26H26FN3O/c27-23-8-5-9-24(29-15-3-4-16-29)25(23)28-26(31)20-10-12-22(13-11-20)30-17-14-19-6-1-2-7-21(19)18-30/h1-2,5-13H,3-4,14-18H2,(H,28,31). The van der Waals surface area contributed by atoms with Gasteiger partial charge in [-0.2, -0.15) is 0 Å². The molecule has 2 heterocycles. The highest BCUT2D eigenvalue weighted by Gasteiger charge is 2.21. The molecule has 5 heteroatoms. The molecular weight excluding hydrogens is 389 g/mol. The number of nitrogens with one attached hydrogen (secondary N) is 1. The summed E-state index contributed by atoms with van der Waals surface area (Å²) >= 11 is 0. The lowest BCUT2D eigenvalue weighted by Gasteiger charge is -2.30. The first-order chi connectivity index (χ1) is 15.2. The van der Waals surface area contributed by atoms with E-state index in [0.717, 1.165) is 56.8 Å². The summed E-state index contributed by atoms with van der Waals surface area (Å²) in [6.07, 6.45) is 3.20. The monoisotopic (exact) mass is 415 g/mol. The molecule has 1 saturated heterocycles. The summed E-state index contributed by atoms with van der Waals surface area (Å²) in [7, 11) is 0. The molecule has 0 bridgehead atoms. The molecule has 0 radical (unpaired) electrons. The lowest BCUT2D eigenvalue weighted by molar-refractivity contribution is 0.102. The number of nitrogens with zero attached hydrogens (tertiary/aromatic N) is 2. The minimum absolute atomic E-state index is 0.270. The van der Waals surface area contributed by atoms with Crippen molar-refractivity contribution in [1.29, 1.82) is 0 Å². The van der Waals surface area contributed by atoms with Gasteiger partial charge < -0.3 is 15.1 Å². The van der Waals surface area contributed by atoms with E-state index in [9.17, 15) is 9.18 Å². The van der Waals surface area contributed by atoms with Gasteiger partial charge in [-0.3, -0.25) is 4.79 Å². The molecule has 5 rings (SSSR count). The molecule has 0 aliphatic carbocycles. The summed E-state index contributed by atoms with van der Waals surface area (Å²) in [6, 6.07) is 21.1. The van der Waals surface area contributed by atoms with Crippen molar-refractivity contribution in [2.24, 2.45) is 0 Å². The van der Waals surface area contributed by atoms with Crippen LogP contribution in [0.5, 0.6) is 0 Å². The summed E-state index contributed by atoms with van der Waals surface area (Å²) in [4.78, 5) is 17.3. The zero-order chi connectivity index (χ0) is 21.2. The Balaban J connectivity index is 1.32. The van der Waals surface area contributed by atoms with Crippen LogP contribution < -0.4 is 15.1 Å². The maximum absolute atomic E-state index is 14.6. The van der Waals surface area contributed by atoms with Crippen molar-refractivity contribution in [3.05, 3.63) is 89.2 Å². The highest BCUT2D eigenvalue weighted by Crippen LogP contribution is 2.32. The van der Waals surface area contributed by atoms with Crippen molar-refractivity contribution >= 4 is 23.0 Å². The number of rotatable bonds is 4. The van der Waals surface area contributed by atoms with Crippen LogP contribution in [0.25, 0.3) is 0 Å². The predicted molar refractivity (Wildman–Crippen MR) is 123 cm³/mol. The van der Waals surface area contributed by atoms with Crippen molar-refractivity contribution in [3.63, 3.8) is 0 Å². The SMILES string of the molecule is O=C(Nc1c(F)cccc1N1CCCC1)c1ccc(N2CCc3ccccc3C2)cc1. The van der Waals surface area contributed by atoms with Gasteiger partial charge in [0.25, 0.3) is 5.91 Å². The van der Waals surface area contributed by atoms with Gasteiger partial charge >= 0.3 is 0 Å². The Labute approximate surface area is 182 Å². The molecule has 1 amide bonds. The van der Waals surface area contributed by atoms with Gasteiger partial charge in [-0.25, -0.2) is 4.39 Å². The number of benzene rings is 3. The molecule has 3 aromatic rings.